The van der Waals surface area contributed by atoms with Crippen molar-refractivity contribution in [1.29, 1.82) is 0 Å². The van der Waals surface area contributed by atoms with Gasteiger partial charge in [0.25, 0.3) is 0 Å². The zero-order valence-corrected chi connectivity index (χ0v) is 8.88. The minimum atomic E-state index is 0.877. The molecular weight excluding hydrogens is 202 g/mol. The van der Waals surface area contributed by atoms with Crippen LogP contribution in [-0.4, -0.2) is 24.6 Å². The Morgan fingerprint density at radius 3 is 3.06 bits per heavy atom. The first-order chi connectivity index (χ1) is 7.90. The maximum absolute atomic E-state index is 4.27. The molecule has 3 aromatic heterocycles. The summed E-state index contributed by atoms with van der Waals surface area (Å²) in [6.45, 7) is 2.11. The van der Waals surface area contributed by atoms with Crippen molar-refractivity contribution in [3.05, 3.63) is 36.5 Å². The summed E-state index contributed by atoms with van der Waals surface area (Å²) in [5.41, 5.74) is 3.15. The van der Waals surface area contributed by atoms with E-state index in [2.05, 4.69) is 27.0 Å². The second kappa shape index (κ2) is 3.44. The van der Waals surface area contributed by atoms with E-state index in [-0.39, 0.29) is 0 Å². The molecule has 0 aliphatic heterocycles. The number of imidazole rings is 1. The first-order valence-corrected chi connectivity index (χ1v) is 5.21. The SMILES string of the molecule is CCc1c(-c2ncc[nH]2)ccn2ncnc12. The van der Waals surface area contributed by atoms with Crippen molar-refractivity contribution in [3.63, 3.8) is 0 Å². The minimum absolute atomic E-state index is 0.877. The molecule has 0 saturated carbocycles. The molecule has 0 amide bonds. The first-order valence-electron chi connectivity index (χ1n) is 5.21. The summed E-state index contributed by atoms with van der Waals surface area (Å²) in [6.07, 6.45) is 7.95. The van der Waals surface area contributed by atoms with E-state index in [1.165, 1.54) is 0 Å². The summed E-state index contributed by atoms with van der Waals surface area (Å²) >= 11 is 0. The number of aromatic amines is 1. The van der Waals surface area contributed by atoms with E-state index in [1.807, 2.05) is 18.5 Å². The van der Waals surface area contributed by atoms with Crippen molar-refractivity contribution in [3.8, 4) is 11.4 Å². The van der Waals surface area contributed by atoms with Gasteiger partial charge in [-0.05, 0) is 12.5 Å². The standard InChI is InChI=1S/C11H11N5/c1-2-8-9(10-12-4-5-13-10)3-6-16-11(8)14-7-15-16/h3-7H,2H2,1H3,(H,12,13). The lowest BCUT2D eigenvalue weighted by Crippen LogP contribution is -1.96. The molecule has 1 N–H and O–H groups in total. The van der Waals surface area contributed by atoms with Crippen molar-refractivity contribution in [1.82, 2.24) is 24.6 Å². The van der Waals surface area contributed by atoms with Crippen LogP contribution in [-0.2, 0) is 6.42 Å². The Kier molecular flexibility index (Phi) is 1.96. The van der Waals surface area contributed by atoms with Gasteiger partial charge in [-0.2, -0.15) is 5.10 Å². The van der Waals surface area contributed by atoms with E-state index in [9.17, 15) is 0 Å². The Morgan fingerprint density at radius 1 is 1.38 bits per heavy atom. The van der Waals surface area contributed by atoms with E-state index in [4.69, 9.17) is 0 Å². The summed E-state index contributed by atoms with van der Waals surface area (Å²) in [6, 6.07) is 2.01. The number of aromatic nitrogens is 5. The molecule has 80 valence electrons. The Hall–Kier alpha value is -2.17. The van der Waals surface area contributed by atoms with Gasteiger partial charge in [-0.25, -0.2) is 14.5 Å². The van der Waals surface area contributed by atoms with Gasteiger partial charge in [0.05, 0.1) is 0 Å². The van der Waals surface area contributed by atoms with Crippen LogP contribution in [0.3, 0.4) is 0 Å². The third-order valence-corrected chi connectivity index (χ3v) is 2.66. The number of rotatable bonds is 2. The van der Waals surface area contributed by atoms with Crippen LogP contribution in [0, 0.1) is 0 Å². The maximum Gasteiger partial charge on any atom is 0.159 e. The van der Waals surface area contributed by atoms with Gasteiger partial charge >= 0.3 is 0 Å². The lowest BCUT2D eigenvalue weighted by molar-refractivity contribution is 0.946. The van der Waals surface area contributed by atoms with Gasteiger partial charge in [0.2, 0.25) is 0 Å². The number of pyridine rings is 1. The molecule has 0 fully saturated rings. The molecule has 0 unspecified atom stereocenters. The van der Waals surface area contributed by atoms with Crippen LogP contribution < -0.4 is 0 Å². The van der Waals surface area contributed by atoms with Crippen LogP contribution in [0.1, 0.15) is 12.5 Å². The fourth-order valence-corrected chi connectivity index (χ4v) is 1.92. The summed E-state index contributed by atoms with van der Waals surface area (Å²) in [5.74, 6) is 0.877. The monoisotopic (exact) mass is 213 g/mol. The van der Waals surface area contributed by atoms with Crippen LogP contribution >= 0.6 is 0 Å². The number of fused-ring (bicyclic) bond motifs is 1. The number of aryl methyl sites for hydroxylation is 1. The van der Waals surface area contributed by atoms with Gasteiger partial charge in [0.15, 0.2) is 5.65 Å². The second-order valence-electron chi connectivity index (χ2n) is 3.53. The van der Waals surface area contributed by atoms with Gasteiger partial charge < -0.3 is 4.98 Å². The molecule has 16 heavy (non-hydrogen) atoms. The van der Waals surface area contributed by atoms with Crippen molar-refractivity contribution in [2.75, 3.05) is 0 Å². The highest BCUT2D eigenvalue weighted by Gasteiger charge is 2.11. The maximum atomic E-state index is 4.27. The van der Waals surface area contributed by atoms with E-state index in [1.54, 1.807) is 17.0 Å². The van der Waals surface area contributed by atoms with Gasteiger partial charge in [-0.15, -0.1) is 0 Å². The largest absolute Gasteiger partial charge is 0.345 e. The predicted molar refractivity (Wildman–Crippen MR) is 59.9 cm³/mol. The van der Waals surface area contributed by atoms with E-state index in [0.29, 0.717) is 0 Å². The smallest absolute Gasteiger partial charge is 0.159 e. The van der Waals surface area contributed by atoms with Crippen molar-refractivity contribution < 1.29 is 0 Å². The van der Waals surface area contributed by atoms with Gasteiger partial charge in [0.1, 0.15) is 12.2 Å². The first kappa shape index (κ1) is 9.08. The van der Waals surface area contributed by atoms with Gasteiger partial charge in [-0.3, -0.25) is 0 Å². The topological polar surface area (TPSA) is 58.9 Å². The second-order valence-corrected chi connectivity index (χ2v) is 3.53. The minimum Gasteiger partial charge on any atom is -0.345 e. The molecule has 0 atom stereocenters. The summed E-state index contributed by atoms with van der Waals surface area (Å²) < 4.78 is 1.78. The van der Waals surface area contributed by atoms with E-state index in [0.717, 1.165) is 29.0 Å². The molecule has 0 spiro atoms. The van der Waals surface area contributed by atoms with Crippen molar-refractivity contribution in [2.24, 2.45) is 0 Å². The normalized spacial score (nSPS) is 11.1. The molecule has 0 aliphatic carbocycles. The molecule has 3 heterocycles. The molecule has 5 nitrogen and oxygen atoms in total. The lowest BCUT2D eigenvalue weighted by Gasteiger charge is -2.06. The van der Waals surface area contributed by atoms with Gasteiger partial charge in [0, 0.05) is 29.7 Å². The van der Waals surface area contributed by atoms with Crippen molar-refractivity contribution >= 4 is 5.65 Å². The zero-order chi connectivity index (χ0) is 11.0. The highest BCUT2D eigenvalue weighted by Crippen LogP contribution is 2.23. The number of nitrogens with zero attached hydrogens (tertiary/aromatic N) is 4. The predicted octanol–water partition coefficient (Wildman–Crippen LogP) is 1.68. The zero-order valence-electron chi connectivity index (χ0n) is 8.88. The Balaban J connectivity index is 2.32. The summed E-state index contributed by atoms with van der Waals surface area (Å²) in [4.78, 5) is 11.7. The highest BCUT2D eigenvalue weighted by molar-refractivity contribution is 5.68. The summed E-state index contributed by atoms with van der Waals surface area (Å²) in [7, 11) is 0. The quantitative estimate of drug-likeness (QED) is 0.704. The fraction of sp³-hybridized carbons (Fsp3) is 0.182. The van der Waals surface area contributed by atoms with E-state index < -0.39 is 0 Å². The Bertz CT molecular complexity index is 608. The van der Waals surface area contributed by atoms with E-state index >= 15 is 0 Å². The molecule has 0 saturated heterocycles. The Labute approximate surface area is 92.2 Å². The van der Waals surface area contributed by atoms with Gasteiger partial charge in [-0.1, -0.05) is 6.92 Å². The number of hydrogen-bond donors (Lipinski definition) is 1. The Morgan fingerprint density at radius 2 is 2.31 bits per heavy atom. The fourth-order valence-electron chi connectivity index (χ4n) is 1.92. The third kappa shape index (κ3) is 1.21. The molecule has 3 aromatic rings. The average molecular weight is 213 g/mol. The molecule has 0 aliphatic rings. The van der Waals surface area contributed by atoms with Crippen LogP contribution in [0.4, 0.5) is 0 Å². The lowest BCUT2D eigenvalue weighted by atomic mass is 10.1. The van der Waals surface area contributed by atoms with Crippen LogP contribution in [0.15, 0.2) is 31.0 Å². The molecule has 0 bridgehead atoms. The third-order valence-electron chi connectivity index (χ3n) is 2.66. The number of H-pyrrole nitrogens is 1. The molecular formula is C11H11N5. The van der Waals surface area contributed by atoms with Crippen LogP contribution in [0.25, 0.3) is 17.0 Å². The van der Waals surface area contributed by atoms with Crippen molar-refractivity contribution in [2.45, 2.75) is 13.3 Å². The van der Waals surface area contributed by atoms with Crippen LogP contribution in [0.5, 0.6) is 0 Å². The average Bonchev–Trinajstić information content (AvgIpc) is 2.97. The van der Waals surface area contributed by atoms with Crippen LogP contribution in [0.2, 0.25) is 0 Å². The molecule has 3 rings (SSSR count). The summed E-state index contributed by atoms with van der Waals surface area (Å²) in [5, 5.41) is 4.12. The molecule has 0 aromatic carbocycles. The number of nitrogens with one attached hydrogen (secondary N) is 1. The number of hydrogen-bond acceptors (Lipinski definition) is 3. The highest BCUT2D eigenvalue weighted by atomic mass is 15.3. The molecule has 5 heteroatoms. The molecule has 0 radical (unpaired) electrons.